The van der Waals surface area contributed by atoms with Crippen LogP contribution in [0.1, 0.15) is 16.2 Å². The van der Waals surface area contributed by atoms with Gasteiger partial charge in [0.1, 0.15) is 5.82 Å². The standard InChI is InChI=1S/C13H10FN3O2S/c1-7-5-10(19-16-7)12(18)15-13-17(2)9-4-3-8(14)6-11(9)20-13/h3-6H,1-2H3. The number of benzene rings is 1. The molecule has 3 rings (SSSR count). The van der Waals surface area contributed by atoms with Gasteiger partial charge in [-0.05, 0) is 25.1 Å². The third-order valence-corrected chi connectivity index (χ3v) is 3.90. The summed E-state index contributed by atoms with van der Waals surface area (Å²) < 4.78 is 20.5. The summed E-state index contributed by atoms with van der Waals surface area (Å²) in [7, 11) is 1.77. The predicted molar refractivity (Wildman–Crippen MR) is 71.9 cm³/mol. The van der Waals surface area contributed by atoms with Gasteiger partial charge in [0.15, 0.2) is 4.80 Å². The van der Waals surface area contributed by atoms with Crippen LogP contribution in [0.2, 0.25) is 0 Å². The minimum atomic E-state index is -0.506. The van der Waals surface area contributed by atoms with Crippen molar-refractivity contribution in [2.24, 2.45) is 12.0 Å². The molecule has 102 valence electrons. The molecule has 3 aromatic rings. The van der Waals surface area contributed by atoms with Crippen molar-refractivity contribution in [2.45, 2.75) is 6.92 Å². The van der Waals surface area contributed by atoms with E-state index in [1.165, 1.54) is 29.5 Å². The number of hydrogen-bond donors (Lipinski definition) is 0. The molecule has 0 aliphatic carbocycles. The number of rotatable bonds is 1. The Balaban J connectivity index is 2.12. The number of carbonyl (C=O) groups excluding carboxylic acids is 1. The highest BCUT2D eigenvalue weighted by Crippen LogP contribution is 2.17. The summed E-state index contributed by atoms with van der Waals surface area (Å²) in [6.45, 7) is 1.72. The zero-order valence-corrected chi connectivity index (χ0v) is 11.6. The smallest absolute Gasteiger partial charge is 0.318 e. The van der Waals surface area contributed by atoms with E-state index < -0.39 is 5.91 Å². The first kappa shape index (κ1) is 12.7. The summed E-state index contributed by atoms with van der Waals surface area (Å²) in [5.74, 6) is -0.734. The number of aryl methyl sites for hydroxylation is 2. The lowest BCUT2D eigenvalue weighted by Crippen LogP contribution is -2.13. The lowest BCUT2D eigenvalue weighted by atomic mass is 10.3. The molecule has 0 radical (unpaired) electrons. The lowest BCUT2D eigenvalue weighted by molar-refractivity contribution is 0.0962. The molecule has 0 saturated heterocycles. The van der Waals surface area contributed by atoms with Gasteiger partial charge in [-0.15, -0.1) is 0 Å². The van der Waals surface area contributed by atoms with Gasteiger partial charge in [-0.1, -0.05) is 16.5 Å². The van der Waals surface area contributed by atoms with E-state index in [1.807, 2.05) is 0 Å². The maximum absolute atomic E-state index is 13.2. The van der Waals surface area contributed by atoms with E-state index in [0.717, 1.165) is 10.2 Å². The number of amides is 1. The number of nitrogens with zero attached hydrogens (tertiary/aromatic N) is 3. The molecule has 0 aliphatic heterocycles. The normalized spacial score (nSPS) is 12.2. The third-order valence-electron chi connectivity index (χ3n) is 2.81. The number of carbonyl (C=O) groups is 1. The van der Waals surface area contributed by atoms with Crippen LogP contribution >= 0.6 is 11.3 Å². The second kappa shape index (κ2) is 4.68. The van der Waals surface area contributed by atoms with Crippen molar-refractivity contribution in [1.29, 1.82) is 0 Å². The fraction of sp³-hybridized carbons (Fsp3) is 0.154. The third kappa shape index (κ3) is 2.16. The quantitative estimate of drug-likeness (QED) is 0.691. The second-order valence-corrected chi connectivity index (χ2v) is 5.31. The first-order valence-electron chi connectivity index (χ1n) is 5.82. The van der Waals surface area contributed by atoms with E-state index in [9.17, 15) is 9.18 Å². The fourth-order valence-electron chi connectivity index (χ4n) is 1.82. The number of halogens is 1. The second-order valence-electron chi connectivity index (χ2n) is 4.31. The summed E-state index contributed by atoms with van der Waals surface area (Å²) in [6, 6.07) is 5.98. The van der Waals surface area contributed by atoms with Crippen LogP contribution in [0.25, 0.3) is 10.2 Å². The Morgan fingerprint density at radius 2 is 2.25 bits per heavy atom. The highest BCUT2D eigenvalue weighted by molar-refractivity contribution is 7.16. The summed E-state index contributed by atoms with van der Waals surface area (Å²) in [5, 5.41) is 3.65. The minimum absolute atomic E-state index is 0.0890. The largest absolute Gasteiger partial charge is 0.351 e. The van der Waals surface area contributed by atoms with Crippen LogP contribution in [0.5, 0.6) is 0 Å². The molecule has 2 aromatic heterocycles. The molecule has 20 heavy (non-hydrogen) atoms. The Morgan fingerprint density at radius 3 is 2.95 bits per heavy atom. The summed E-state index contributed by atoms with van der Waals surface area (Å²) >= 11 is 1.24. The molecule has 0 fully saturated rings. The highest BCUT2D eigenvalue weighted by Gasteiger charge is 2.11. The van der Waals surface area contributed by atoms with Crippen LogP contribution < -0.4 is 4.80 Å². The topological polar surface area (TPSA) is 60.4 Å². The van der Waals surface area contributed by atoms with Crippen molar-refractivity contribution in [1.82, 2.24) is 9.72 Å². The molecule has 0 N–H and O–H groups in total. The predicted octanol–water partition coefficient (Wildman–Crippen LogP) is 2.42. The molecule has 7 heteroatoms. The van der Waals surface area contributed by atoms with E-state index in [2.05, 4.69) is 10.1 Å². The Kier molecular flexibility index (Phi) is 2.98. The molecule has 1 amide bonds. The molecule has 0 unspecified atom stereocenters. The van der Waals surface area contributed by atoms with E-state index in [1.54, 1.807) is 24.6 Å². The maximum Gasteiger partial charge on any atom is 0.318 e. The van der Waals surface area contributed by atoms with Gasteiger partial charge in [0.25, 0.3) is 0 Å². The van der Waals surface area contributed by atoms with Crippen molar-refractivity contribution in [3.05, 3.63) is 46.3 Å². The van der Waals surface area contributed by atoms with E-state index in [0.29, 0.717) is 10.5 Å². The zero-order valence-electron chi connectivity index (χ0n) is 10.8. The Bertz CT molecular complexity index is 875. The number of aromatic nitrogens is 2. The van der Waals surface area contributed by atoms with Gasteiger partial charge in [-0.3, -0.25) is 4.79 Å². The van der Waals surface area contributed by atoms with Gasteiger partial charge in [0, 0.05) is 13.1 Å². The van der Waals surface area contributed by atoms with Crippen LogP contribution in [-0.2, 0) is 7.05 Å². The van der Waals surface area contributed by atoms with Crippen molar-refractivity contribution >= 4 is 27.5 Å². The molecular weight excluding hydrogens is 281 g/mol. The van der Waals surface area contributed by atoms with Crippen LogP contribution in [-0.4, -0.2) is 15.6 Å². The van der Waals surface area contributed by atoms with Gasteiger partial charge in [0.2, 0.25) is 5.76 Å². The molecule has 0 spiro atoms. The first-order chi connectivity index (χ1) is 9.54. The van der Waals surface area contributed by atoms with Crippen molar-refractivity contribution in [3.8, 4) is 0 Å². The zero-order chi connectivity index (χ0) is 14.3. The van der Waals surface area contributed by atoms with Crippen LogP contribution in [0, 0.1) is 12.7 Å². The SMILES string of the molecule is Cc1cc(C(=O)N=c2sc3cc(F)ccc3n2C)on1. The maximum atomic E-state index is 13.2. The molecule has 2 heterocycles. The summed E-state index contributed by atoms with van der Waals surface area (Å²) in [4.78, 5) is 16.4. The molecule has 0 atom stereocenters. The Morgan fingerprint density at radius 1 is 1.45 bits per heavy atom. The van der Waals surface area contributed by atoms with Gasteiger partial charge in [0.05, 0.1) is 15.9 Å². The van der Waals surface area contributed by atoms with Gasteiger partial charge in [-0.25, -0.2) is 4.39 Å². The summed E-state index contributed by atoms with van der Waals surface area (Å²) in [5.41, 5.74) is 1.43. The molecule has 0 saturated carbocycles. The molecule has 1 aromatic carbocycles. The highest BCUT2D eigenvalue weighted by atomic mass is 32.1. The van der Waals surface area contributed by atoms with Gasteiger partial charge < -0.3 is 9.09 Å². The average molecular weight is 291 g/mol. The van der Waals surface area contributed by atoms with E-state index >= 15 is 0 Å². The molecular formula is C13H10FN3O2S. The number of thiazole rings is 1. The molecule has 0 bridgehead atoms. The van der Waals surface area contributed by atoms with E-state index in [4.69, 9.17) is 4.52 Å². The lowest BCUT2D eigenvalue weighted by Gasteiger charge is -1.94. The monoisotopic (exact) mass is 291 g/mol. The molecule has 5 nitrogen and oxygen atoms in total. The van der Waals surface area contributed by atoms with E-state index in [-0.39, 0.29) is 11.6 Å². The average Bonchev–Trinajstić information content (AvgIpc) is 2.95. The van der Waals surface area contributed by atoms with Crippen molar-refractivity contribution < 1.29 is 13.7 Å². The number of fused-ring (bicyclic) bond motifs is 1. The van der Waals surface area contributed by atoms with Crippen molar-refractivity contribution in [3.63, 3.8) is 0 Å². The van der Waals surface area contributed by atoms with Crippen LogP contribution in [0.4, 0.5) is 4.39 Å². The summed E-state index contributed by atoms with van der Waals surface area (Å²) in [6.07, 6.45) is 0. The Hall–Kier alpha value is -2.28. The number of hydrogen-bond acceptors (Lipinski definition) is 4. The minimum Gasteiger partial charge on any atom is -0.351 e. The van der Waals surface area contributed by atoms with Gasteiger partial charge >= 0.3 is 5.91 Å². The van der Waals surface area contributed by atoms with Crippen molar-refractivity contribution in [2.75, 3.05) is 0 Å². The van der Waals surface area contributed by atoms with Crippen LogP contribution in [0.15, 0.2) is 33.8 Å². The molecule has 0 aliphatic rings. The first-order valence-corrected chi connectivity index (χ1v) is 6.64. The van der Waals surface area contributed by atoms with Gasteiger partial charge in [-0.2, -0.15) is 4.99 Å². The Labute approximate surface area is 117 Å². The fourth-order valence-corrected chi connectivity index (χ4v) is 2.86. The van der Waals surface area contributed by atoms with Crippen LogP contribution in [0.3, 0.4) is 0 Å².